The summed E-state index contributed by atoms with van der Waals surface area (Å²) >= 11 is 0. The Morgan fingerprint density at radius 3 is 2.41 bits per heavy atom. The molecule has 5 heteroatoms. The SMILES string of the molecule is [2H]C([2H])([2H])C([2H])([2H])O[C@@H]([C@H]1C[C@@H](C)[C@H]2[C@H](O1)[C@H](O)[C@@]1(C)[C@@H]3CC[C@H]4C(C)(C)[C@@H](O)CC[C@@]45C[C@@]35CC[C@]21C)C(C)(C)O. The molecule has 1 saturated heterocycles. The third-order valence-electron chi connectivity index (χ3n) is 14.0. The molecule has 0 bridgehead atoms. The maximum absolute atomic E-state index is 12.4. The Balaban J connectivity index is 1.33. The van der Waals surface area contributed by atoms with Gasteiger partial charge in [-0.2, -0.15) is 0 Å². The first-order valence-electron chi connectivity index (χ1n) is 17.4. The molecule has 13 atom stereocenters. The highest BCUT2D eigenvalue weighted by atomic mass is 16.6. The van der Waals surface area contributed by atoms with Crippen LogP contribution in [-0.2, 0) is 9.47 Å². The Morgan fingerprint density at radius 1 is 1.05 bits per heavy atom. The van der Waals surface area contributed by atoms with Gasteiger partial charge in [0.15, 0.2) is 0 Å². The fourth-order valence-corrected chi connectivity index (χ4v) is 12.3. The summed E-state index contributed by atoms with van der Waals surface area (Å²) in [5.74, 6) is 1.04. The van der Waals surface area contributed by atoms with Gasteiger partial charge in [-0.1, -0.05) is 34.6 Å². The molecule has 1 aliphatic heterocycles. The van der Waals surface area contributed by atoms with Crippen molar-refractivity contribution in [3.63, 3.8) is 0 Å². The van der Waals surface area contributed by atoms with Crippen LogP contribution in [-0.4, -0.2) is 58.0 Å². The molecular weight excluding hydrogens is 464 g/mol. The van der Waals surface area contributed by atoms with Gasteiger partial charge in [-0.05, 0) is 117 Å². The molecule has 37 heavy (non-hydrogen) atoms. The van der Waals surface area contributed by atoms with Crippen LogP contribution in [0.25, 0.3) is 0 Å². The number of rotatable bonds is 4. The monoisotopic (exact) mass is 523 g/mol. The summed E-state index contributed by atoms with van der Waals surface area (Å²) in [4.78, 5) is 0. The van der Waals surface area contributed by atoms with Crippen LogP contribution < -0.4 is 0 Å². The van der Waals surface area contributed by atoms with Gasteiger partial charge in [0.2, 0.25) is 0 Å². The van der Waals surface area contributed by atoms with Crippen molar-refractivity contribution in [1.82, 2.24) is 0 Å². The molecule has 6 rings (SSSR count). The Labute approximate surface area is 232 Å². The topological polar surface area (TPSA) is 79.2 Å². The van der Waals surface area contributed by atoms with E-state index in [2.05, 4.69) is 34.6 Å². The van der Waals surface area contributed by atoms with Gasteiger partial charge in [-0.15, -0.1) is 0 Å². The van der Waals surface area contributed by atoms with Crippen molar-refractivity contribution >= 4 is 0 Å². The van der Waals surface area contributed by atoms with E-state index in [1.807, 2.05) is 0 Å². The zero-order chi connectivity index (χ0) is 31.3. The fourth-order valence-electron chi connectivity index (χ4n) is 12.3. The van der Waals surface area contributed by atoms with Crippen LogP contribution in [0.2, 0.25) is 0 Å². The molecule has 6 aliphatic rings. The molecule has 2 spiro atoms. The van der Waals surface area contributed by atoms with Gasteiger partial charge in [0.25, 0.3) is 0 Å². The third kappa shape index (κ3) is 3.10. The van der Waals surface area contributed by atoms with Crippen molar-refractivity contribution in [3.05, 3.63) is 0 Å². The summed E-state index contributed by atoms with van der Waals surface area (Å²) in [7, 11) is 0. The minimum Gasteiger partial charge on any atom is -0.393 e. The van der Waals surface area contributed by atoms with Gasteiger partial charge >= 0.3 is 0 Å². The Bertz CT molecular complexity index is 1110. The molecule has 0 aromatic heterocycles. The van der Waals surface area contributed by atoms with E-state index in [9.17, 15) is 15.3 Å². The zero-order valence-electron chi connectivity index (χ0n) is 29.0. The zero-order valence-corrected chi connectivity index (χ0v) is 24.0. The number of aliphatic hydroxyl groups excluding tert-OH is 2. The fraction of sp³-hybridized carbons (Fsp3) is 1.00. The molecule has 1 heterocycles. The van der Waals surface area contributed by atoms with Gasteiger partial charge in [0, 0.05) is 16.1 Å². The maximum atomic E-state index is 12.4. The summed E-state index contributed by atoms with van der Waals surface area (Å²) in [5, 5.41) is 34.4. The van der Waals surface area contributed by atoms with Crippen LogP contribution in [0.15, 0.2) is 0 Å². The normalized spacial score (nSPS) is 59.6. The smallest absolute Gasteiger partial charge is 0.112 e. The van der Waals surface area contributed by atoms with Crippen LogP contribution >= 0.6 is 0 Å². The Morgan fingerprint density at radius 2 is 1.73 bits per heavy atom. The number of fused-ring (bicyclic) bond motifs is 4. The molecule has 212 valence electrons. The molecule has 0 aromatic rings. The Hall–Kier alpha value is -0.200. The number of aliphatic hydroxyl groups is 3. The second-order valence-corrected chi connectivity index (χ2v) is 15.9. The summed E-state index contributed by atoms with van der Waals surface area (Å²) in [6.45, 7) is 8.36. The van der Waals surface area contributed by atoms with Gasteiger partial charge < -0.3 is 24.8 Å². The maximum Gasteiger partial charge on any atom is 0.112 e. The van der Waals surface area contributed by atoms with Gasteiger partial charge in [-0.25, -0.2) is 0 Å². The summed E-state index contributed by atoms with van der Waals surface area (Å²) in [6.07, 6.45) is 4.37. The summed E-state index contributed by atoms with van der Waals surface area (Å²) < 4.78 is 51.6. The standard InChI is InChI=1S/C32H54O5/c1-9-36-26(28(5,6)35)19-16-18(2)23-24(37-19)25(34)30(8)21-11-10-20-27(3,4)22(33)12-13-31(20)17-32(21,31)15-14-29(23,30)7/h18-26,33-35H,9-17H2,1-8H3/t18-,19-,20+,21+,22+,23+,24+,25+,26+,29-,30-,31-,32+/m1/s1/i1D3,9D2. The largest absolute Gasteiger partial charge is 0.393 e. The first kappa shape index (κ1) is 21.5. The lowest BCUT2D eigenvalue weighted by Gasteiger charge is -2.63. The molecular formula is C32H54O5. The van der Waals surface area contributed by atoms with Crippen molar-refractivity contribution in [2.45, 2.75) is 143 Å². The predicted octanol–water partition coefficient (Wildman–Crippen LogP) is 5.34. The molecule has 0 amide bonds. The average Bonchev–Trinajstić information content (AvgIpc) is 3.48. The van der Waals surface area contributed by atoms with E-state index in [4.69, 9.17) is 16.3 Å². The quantitative estimate of drug-likeness (QED) is 0.464. The highest BCUT2D eigenvalue weighted by molar-refractivity contribution is 5.32. The van der Waals surface area contributed by atoms with Crippen LogP contribution in [0, 0.1) is 50.7 Å². The Kier molecular flexibility index (Phi) is 4.63. The molecule has 3 N–H and O–H groups in total. The van der Waals surface area contributed by atoms with E-state index in [1.165, 1.54) is 20.3 Å². The van der Waals surface area contributed by atoms with Crippen LogP contribution in [0.4, 0.5) is 0 Å². The molecule has 0 radical (unpaired) electrons. The van der Waals surface area contributed by atoms with Crippen molar-refractivity contribution < 1.29 is 31.6 Å². The van der Waals surface area contributed by atoms with Gasteiger partial charge in [0.1, 0.15) is 6.10 Å². The highest BCUT2D eigenvalue weighted by Gasteiger charge is 2.84. The third-order valence-corrected chi connectivity index (χ3v) is 14.0. The lowest BCUT2D eigenvalue weighted by molar-refractivity contribution is -0.215. The number of ether oxygens (including phenoxy) is 2. The van der Waals surface area contributed by atoms with E-state index in [-0.39, 0.29) is 45.0 Å². The molecule has 6 fully saturated rings. The average molecular weight is 524 g/mol. The van der Waals surface area contributed by atoms with Gasteiger partial charge in [0.05, 0.1) is 32.8 Å². The van der Waals surface area contributed by atoms with E-state index in [0.29, 0.717) is 18.3 Å². The molecule has 5 nitrogen and oxygen atoms in total. The number of hydrogen-bond acceptors (Lipinski definition) is 5. The van der Waals surface area contributed by atoms with Crippen LogP contribution in [0.1, 0.15) is 114 Å². The summed E-state index contributed by atoms with van der Waals surface area (Å²) in [5.41, 5.74) is -1.78. The van der Waals surface area contributed by atoms with Crippen molar-refractivity contribution in [1.29, 1.82) is 0 Å². The first-order chi connectivity index (χ1) is 19.0. The minimum absolute atomic E-state index is 0.0879. The second-order valence-electron chi connectivity index (χ2n) is 15.9. The van der Waals surface area contributed by atoms with E-state index < -0.39 is 43.4 Å². The predicted molar refractivity (Wildman–Crippen MR) is 144 cm³/mol. The first-order valence-corrected chi connectivity index (χ1v) is 14.9. The van der Waals surface area contributed by atoms with Crippen LogP contribution in [0.3, 0.4) is 0 Å². The highest BCUT2D eigenvalue weighted by Crippen LogP contribution is 2.89. The van der Waals surface area contributed by atoms with Crippen molar-refractivity contribution in [3.8, 4) is 0 Å². The van der Waals surface area contributed by atoms with Crippen molar-refractivity contribution in [2.24, 2.45) is 50.7 Å². The second kappa shape index (κ2) is 7.96. The molecule has 5 saturated carbocycles. The molecule has 0 aromatic carbocycles. The number of hydrogen-bond donors (Lipinski definition) is 3. The van der Waals surface area contributed by atoms with E-state index in [0.717, 1.165) is 38.5 Å². The lowest BCUT2D eigenvalue weighted by atomic mass is 9.41. The van der Waals surface area contributed by atoms with Crippen molar-refractivity contribution in [2.75, 3.05) is 6.56 Å². The van der Waals surface area contributed by atoms with Crippen LogP contribution in [0.5, 0.6) is 0 Å². The molecule has 0 unspecified atom stereocenters. The summed E-state index contributed by atoms with van der Waals surface area (Å²) in [6, 6.07) is 0. The molecule has 5 aliphatic carbocycles. The van der Waals surface area contributed by atoms with E-state index >= 15 is 0 Å². The lowest BCUT2D eigenvalue weighted by Crippen LogP contribution is -2.59. The van der Waals surface area contributed by atoms with E-state index in [1.54, 1.807) is 0 Å². The van der Waals surface area contributed by atoms with Gasteiger partial charge in [-0.3, -0.25) is 0 Å². The minimum atomic E-state index is -3.03.